The number of nitrogens with two attached hydrogens (primary N) is 1. The number of nitrogens with one attached hydrogen (secondary N) is 3. The molecular weight excluding hydrogens is 487 g/mol. The molecule has 1 aliphatic rings. The molecule has 0 aromatic carbocycles. The van der Waals surface area contributed by atoms with Crippen molar-refractivity contribution in [1.82, 2.24) is 20.9 Å². The second-order valence-corrected chi connectivity index (χ2v) is 8.61. The number of ether oxygens (including phenoxy) is 1. The predicted octanol–water partition coefficient (Wildman–Crippen LogP) is 1.27. The van der Waals surface area contributed by atoms with E-state index in [-0.39, 0.29) is 47.9 Å². The molecule has 0 saturated carbocycles. The summed E-state index contributed by atoms with van der Waals surface area (Å²) >= 11 is 0. The minimum absolute atomic E-state index is 0. The Hall–Kier alpha value is -1.30. The van der Waals surface area contributed by atoms with E-state index >= 15 is 0 Å². The van der Waals surface area contributed by atoms with Crippen molar-refractivity contribution in [1.29, 1.82) is 0 Å². The topological polar surface area (TPSA) is 121 Å². The van der Waals surface area contributed by atoms with Crippen LogP contribution in [0.15, 0.2) is 4.99 Å². The fourth-order valence-electron chi connectivity index (χ4n) is 2.96. The van der Waals surface area contributed by atoms with E-state index in [1.807, 2.05) is 34.6 Å². The molecule has 1 aliphatic heterocycles. The van der Waals surface area contributed by atoms with Crippen molar-refractivity contribution < 1.29 is 14.3 Å². The van der Waals surface area contributed by atoms with Gasteiger partial charge < -0.3 is 26.4 Å². The summed E-state index contributed by atoms with van der Waals surface area (Å²) in [5.41, 5.74) is 4.73. The molecule has 0 radical (unpaired) electrons. The highest BCUT2D eigenvalue weighted by molar-refractivity contribution is 14.0. The second-order valence-electron chi connectivity index (χ2n) is 8.61. The zero-order chi connectivity index (χ0) is 21.3. The number of alkyl carbamates (subject to hydrolysis) is 1. The van der Waals surface area contributed by atoms with Gasteiger partial charge in [0, 0.05) is 32.7 Å². The minimum Gasteiger partial charge on any atom is -0.444 e. The monoisotopic (exact) mass is 526 g/mol. The summed E-state index contributed by atoms with van der Waals surface area (Å²) in [6.45, 7) is 12.1. The first kappa shape index (κ1) is 27.7. The molecule has 10 heteroatoms. The molecule has 29 heavy (non-hydrogen) atoms. The maximum absolute atomic E-state index is 12.1. The Bertz CT molecular complexity index is 543. The molecule has 0 spiro atoms. The lowest BCUT2D eigenvalue weighted by atomic mass is 10.0. The number of piperidine rings is 1. The van der Waals surface area contributed by atoms with E-state index in [9.17, 15) is 9.59 Å². The average molecular weight is 526 g/mol. The van der Waals surface area contributed by atoms with Gasteiger partial charge in [-0.05, 0) is 39.5 Å². The molecule has 1 unspecified atom stereocenters. The highest BCUT2D eigenvalue weighted by Crippen LogP contribution is 2.10. The predicted molar refractivity (Wildman–Crippen MR) is 127 cm³/mol. The van der Waals surface area contributed by atoms with E-state index in [1.54, 1.807) is 7.05 Å². The van der Waals surface area contributed by atoms with Gasteiger partial charge in [-0.25, -0.2) is 4.79 Å². The van der Waals surface area contributed by atoms with E-state index in [0.717, 1.165) is 25.9 Å². The van der Waals surface area contributed by atoms with Crippen LogP contribution in [0.1, 0.15) is 47.5 Å². The van der Waals surface area contributed by atoms with Gasteiger partial charge in [-0.15, -0.1) is 24.0 Å². The number of aliphatic imine (C=N–C) groups is 1. The van der Waals surface area contributed by atoms with Crippen LogP contribution in [0.2, 0.25) is 0 Å². The summed E-state index contributed by atoms with van der Waals surface area (Å²) < 4.78 is 5.35. The van der Waals surface area contributed by atoms with Crippen LogP contribution in [0.5, 0.6) is 0 Å². The molecule has 170 valence electrons. The van der Waals surface area contributed by atoms with E-state index < -0.39 is 11.7 Å². The van der Waals surface area contributed by atoms with Crippen LogP contribution in [0.3, 0.4) is 0 Å². The maximum Gasteiger partial charge on any atom is 0.407 e. The van der Waals surface area contributed by atoms with Crippen molar-refractivity contribution in [3.63, 3.8) is 0 Å². The molecule has 9 nitrogen and oxygen atoms in total. The molecule has 0 bridgehead atoms. The first-order valence-electron chi connectivity index (χ1n) is 9.97. The summed E-state index contributed by atoms with van der Waals surface area (Å²) in [5, 5.41) is 9.63. The third-order valence-corrected chi connectivity index (χ3v) is 4.53. The molecular formula is C19H39IN6O3. The Balaban J connectivity index is 0.00000784. The van der Waals surface area contributed by atoms with E-state index in [2.05, 4.69) is 25.8 Å². The van der Waals surface area contributed by atoms with Crippen LogP contribution in [-0.4, -0.2) is 73.8 Å². The molecule has 1 rings (SSSR count). The second kappa shape index (κ2) is 13.1. The molecule has 0 aromatic heterocycles. The molecule has 5 N–H and O–H groups in total. The van der Waals surface area contributed by atoms with Crippen LogP contribution in [0.4, 0.5) is 4.79 Å². The number of likely N-dealkylation sites (tertiary alicyclic amines) is 1. The highest BCUT2D eigenvalue weighted by Gasteiger charge is 2.23. The first-order valence-corrected chi connectivity index (χ1v) is 9.97. The van der Waals surface area contributed by atoms with Crippen LogP contribution in [-0.2, 0) is 9.53 Å². The Labute approximate surface area is 192 Å². The van der Waals surface area contributed by atoms with Crippen molar-refractivity contribution in [2.24, 2.45) is 16.6 Å². The van der Waals surface area contributed by atoms with Gasteiger partial charge in [-0.3, -0.25) is 14.7 Å². The summed E-state index contributed by atoms with van der Waals surface area (Å²) in [6, 6.07) is 0.192. The lowest BCUT2D eigenvalue weighted by Crippen LogP contribution is -2.53. The maximum atomic E-state index is 12.1. The Morgan fingerprint density at radius 2 is 1.83 bits per heavy atom. The normalized spacial score (nSPS) is 17.3. The number of nitrogens with zero attached hydrogens (tertiary/aromatic N) is 2. The number of amides is 2. The highest BCUT2D eigenvalue weighted by atomic mass is 127. The van der Waals surface area contributed by atoms with Crippen molar-refractivity contribution in [2.75, 3.05) is 33.2 Å². The summed E-state index contributed by atoms with van der Waals surface area (Å²) in [6.07, 6.45) is 1.41. The zero-order valence-electron chi connectivity index (χ0n) is 18.6. The number of hydrogen-bond donors (Lipinski definition) is 4. The minimum atomic E-state index is -0.528. The number of carbonyl (C=O) groups is 2. The Morgan fingerprint density at radius 1 is 1.24 bits per heavy atom. The van der Waals surface area contributed by atoms with E-state index in [4.69, 9.17) is 10.5 Å². The third-order valence-electron chi connectivity index (χ3n) is 4.53. The van der Waals surface area contributed by atoms with Crippen LogP contribution in [0, 0.1) is 5.92 Å². The summed E-state index contributed by atoms with van der Waals surface area (Å²) in [4.78, 5) is 29.4. The number of hydrogen-bond acceptors (Lipinski definition) is 5. The third kappa shape index (κ3) is 12.1. The smallest absolute Gasteiger partial charge is 0.407 e. The van der Waals surface area contributed by atoms with Crippen LogP contribution in [0.25, 0.3) is 0 Å². The van der Waals surface area contributed by atoms with Gasteiger partial charge in [0.05, 0.1) is 12.6 Å². The van der Waals surface area contributed by atoms with Gasteiger partial charge in [0.25, 0.3) is 0 Å². The van der Waals surface area contributed by atoms with Gasteiger partial charge in [0.15, 0.2) is 5.96 Å². The Kier molecular flexibility index (Phi) is 12.5. The lowest BCUT2D eigenvalue weighted by Gasteiger charge is -2.32. The van der Waals surface area contributed by atoms with Crippen LogP contribution >= 0.6 is 24.0 Å². The fourth-order valence-corrected chi connectivity index (χ4v) is 2.96. The molecule has 1 fully saturated rings. The van der Waals surface area contributed by atoms with Gasteiger partial charge >= 0.3 is 6.09 Å². The average Bonchev–Trinajstić information content (AvgIpc) is 2.56. The van der Waals surface area contributed by atoms with E-state index in [0.29, 0.717) is 19.0 Å². The fraction of sp³-hybridized carbons (Fsp3) is 0.842. The SMILES string of the molecule is CN=C(NCC(NC(=O)OC(C)(C)C)C(C)C)NC1CCN(CC(N)=O)CC1.I. The van der Waals surface area contributed by atoms with E-state index in [1.165, 1.54) is 0 Å². The molecule has 0 aliphatic carbocycles. The molecule has 2 amide bonds. The zero-order valence-corrected chi connectivity index (χ0v) is 20.9. The van der Waals surface area contributed by atoms with Crippen molar-refractivity contribution in [3.05, 3.63) is 0 Å². The van der Waals surface area contributed by atoms with Gasteiger partial charge in [0.2, 0.25) is 5.91 Å². The first-order chi connectivity index (χ1) is 13.0. The largest absolute Gasteiger partial charge is 0.444 e. The number of primary amides is 1. The van der Waals surface area contributed by atoms with Gasteiger partial charge in [-0.1, -0.05) is 13.8 Å². The number of carbonyl (C=O) groups excluding carboxylic acids is 2. The van der Waals surface area contributed by atoms with Gasteiger partial charge in [0.1, 0.15) is 5.60 Å². The molecule has 1 heterocycles. The van der Waals surface area contributed by atoms with Crippen LogP contribution < -0.4 is 21.7 Å². The quantitative estimate of drug-likeness (QED) is 0.225. The molecule has 0 aromatic rings. The standard InChI is InChI=1S/C19H38N6O3.HI/c1-13(2)15(24-18(27)28-19(3,4)5)11-22-17(21-6)23-14-7-9-25(10-8-14)12-16(20)26;/h13-15H,7-12H2,1-6H3,(H2,20,26)(H,24,27)(H2,21,22,23);1H. The van der Waals surface area contributed by atoms with Gasteiger partial charge in [-0.2, -0.15) is 0 Å². The lowest BCUT2D eigenvalue weighted by molar-refractivity contribution is -0.119. The number of halogens is 1. The van der Waals surface area contributed by atoms with Crippen molar-refractivity contribution in [3.8, 4) is 0 Å². The van der Waals surface area contributed by atoms with Crippen molar-refractivity contribution >= 4 is 41.9 Å². The molecule has 1 saturated heterocycles. The summed E-state index contributed by atoms with van der Waals surface area (Å²) in [7, 11) is 1.73. The van der Waals surface area contributed by atoms with Crippen molar-refractivity contribution in [2.45, 2.75) is 65.1 Å². The Morgan fingerprint density at radius 3 is 2.28 bits per heavy atom. The molecule has 1 atom stereocenters. The summed E-state index contributed by atoms with van der Waals surface area (Å²) in [5.74, 6) is 0.640. The number of guanidine groups is 1. The number of rotatable bonds is 7.